The fraction of sp³-hybridized carbons (Fsp3) is 0.500. The minimum Gasteiger partial charge on any atom is -0.351 e. The van der Waals surface area contributed by atoms with Crippen LogP contribution in [0.15, 0.2) is 18.3 Å². The molecule has 1 amide bonds. The van der Waals surface area contributed by atoms with Gasteiger partial charge in [-0.05, 0) is 25.2 Å². The van der Waals surface area contributed by atoms with Crippen LogP contribution in [0.3, 0.4) is 0 Å². The van der Waals surface area contributed by atoms with Crippen LogP contribution in [0.25, 0.3) is 0 Å². The van der Waals surface area contributed by atoms with Gasteiger partial charge >= 0.3 is 0 Å². The average Bonchev–Trinajstić information content (AvgIpc) is 2.34. The minimum absolute atomic E-state index is 0.110. The van der Waals surface area contributed by atoms with Crippen LogP contribution in [0.2, 0.25) is 5.15 Å². The van der Waals surface area contributed by atoms with E-state index >= 15 is 0 Å². The highest BCUT2D eigenvalue weighted by atomic mass is 35.5. The minimum atomic E-state index is -0.110. The van der Waals surface area contributed by atoms with Gasteiger partial charge in [0.25, 0.3) is 5.91 Å². The SMILES string of the molecule is CCN(CC)CCNC(=O)c1ccnc(Cl)c1. The van der Waals surface area contributed by atoms with E-state index < -0.39 is 0 Å². The first-order valence-electron chi connectivity index (χ1n) is 5.79. The lowest BCUT2D eigenvalue weighted by Gasteiger charge is -2.17. The van der Waals surface area contributed by atoms with Crippen molar-refractivity contribution in [3.63, 3.8) is 0 Å². The Kier molecular flexibility index (Phi) is 5.94. The third-order valence-corrected chi connectivity index (χ3v) is 2.80. The van der Waals surface area contributed by atoms with Crippen molar-refractivity contribution in [3.05, 3.63) is 29.0 Å². The summed E-state index contributed by atoms with van der Waals surface area (Å²) in [5.41, 5.74) is 0.546. The lowest BCUT2D eigenvalue weighted by Crippen LogP contribution is -2.34. The molecule has 0 fully saturated rings. The molecule has 5 heteroatoms. The number of aromatic nitrogens is 1. The topological polar surface area (TPSA) is 45.2 Å². The number of hydrogen-bond acceptors (Lipinski definition) is 3. The highest BCUT2D eigenvalue weighted by Crippen LogP contribution is 2.06. The van der Waals surface area contributed by atoms with Gasteiger partial charge in [-0.1, -0.05) is 25.4 Å². The summed E-state index contributed by atoms with van der Waals surface area (Å²) in [6.07, 6.45) is 1.53. The normalized spacial score (nSPS) is 10.6. The largest absolute Gasteiger partial charge is 0.351 e. The van der Waals surface area contributed by atoms with Crippen molar-refractivity contribution in [2.75, 3.05) is 26.2 Å². The smallest absolute Gasteiger partial charge is 0.251 e. The van der Waals surface area contributed by atoms with Gasteiger partial charge in [0.2, 0.25) is 0 Å². The Morgan fingerprint density at radius 1 is 1.47 bits per heavy atom. The molecule has 4 nitrogen and oxygen atoms in total. The molecule has 0 bridgehead atoms. The molecule has 1 aromatic rings. The molecular formula is C12H18ClN3O. The van der Waals surface area contributed by atoms with Gasteiger partial charge in [-0.15, -0.1) is 0 Å². The Hall–Kier alpha value is -1.13. The van der Waals surface area contributed by atoms with Crippen LogP contribution in [-0.2, 0) is 0 Å². The molecule has 0 saturated carbocycles. The number of carbonyl (C=O) groups excluding carboxylic acids is 1. The number of halogens is 1. The maximum absolute atomic E-state index is 11.7. The van der Waals surface area contributed by atoms with Gasteiger partial charge in [-0.25, -0.2) is 4.98 Å². The first-order valence-corrected chi connectivity index (χ1v) is 6.17. The number of pyridine rings is 1. The summed E-state index contributed by atoms with van der Waals surface area (Å²) in [5, 5.41) is 3.19. The van der Waals surface area contributed by atoms with Crippen molar-refractivity contribution >= 4 is 17.5 Å². The average molecular weight is 256 g/mol. The number of likely N-dealkylation sites (N-methyl/N-ethyl adjacent to an activating group) is 1. The zero-order valence-electron chi connectivity index (χ0n) is 10.2. The summed E-state index contributed by atoms with van der Waals surface area (Å²) in [4.78, 5) is 17.8. The summed E-state index contributed by atoms with van der Waals surface area (Å²) in [6.45, 7) is 7.70. The molecule has 94 valence electrons. The van der Waals surface area contributed by atoms with Crippen LogP contribution >= 0.6 is 11.6 Å². The van der Waals surface area contributed by atoms with Crippen molar-refractivity contribution < 1.29 is 4.79 Å². The van der Waals surface area contributed by atoms with Crippen LogP contribution in [-0.4, -0.2) is 42.0 Å². The molecule has 0 aliphatic carbocycles. The first kappa shape index (κ1) is 13.9. The molecule has 1 N–H and O–H groups in total. The van der Waals surface area contributed by atoms with Crippen molar-refractivity contribution in [1.29, 1.82) is 0 Å². The second kappa shape index (κ2) is 7.25. The highest BCUT2D eigenvalue weighted by Gasteiger charge is 2.06. The zero-order chi connectivity index (χ0) is 12.7. The molecule has 0 aliphatic heterocycles. The van der Waals surface area contributed by atoms with Crippen molar-refractivity contribution in [3.8, 4) is 0 Å². The maximum Gasteiger partial charge on any atom is 0.251 e. The third-order valence-electron chi connectivity index (χ3n) is 2.60. The summed E-state index contributed by atoms with van der Waals surface area (Å²) >= 11 is 5.72. The van der Waals surface area contributed by atoms with E-state index in [9.17, 15) is 4.79 Å². The fourth-order valence-electron chi connectivity index (χ4n) is 1.51. The number of nitrogens with zero attached hydrogens (tertiary/aromatic N) is 2. The predicted molar refractivity (Wildman–Crippen MR) is 69.4 cm³/mol. The number of carbonyl (C=O) groups is 1. The molecular weight excluding hydrogens is 238 g/mol. The van der Waals surface area contributed by atoms with Crippen molar-refractivity contribution in [1.82, 2.24) is 15.2 Å². The summed E-state index contributed by atoms with van der Waals surface area (Å²) < 4.78 is 0. The molecule has 1 rings (SSSR count). The monoisotopic (exact) mass is 255 g/mol. The molecule has 0 aliphatic rings. The number of nitrogens with one attached hydrogen (secondary N) is 1. The highest BCUT2D eigenvalue weighted by molar-refractivity contribution is 6.29. The quantitative estimate of drug-likeness (QED) is 0.789. The fourth-order valence-corrected chi connectivity index (χ4v) is 1.69. The van der Waals surface area contributed by atoms with E-state index in [4.69, 9.17) is 11.6 Å². The van der Waals surface area contributed by atoms with E-state index in [1.54, 1.807) is 12.1 Å². The number of rotatable bonds is 6. The van der Waals surface area contributed by atoms with E-state index in [0.29, 0.717) is 17.3 Å². The van der Waals surface area contributed by atoms with Crippen LogP contribution in [0.1, 0.15) is 24.2 Å². The van der Waals surface area contributed by atoms with E-state index in [-0.39, 0.29) is 5.91 Å². The van der Waals surface area contributed by atoms with Gasteiger partial charge in [-0.2, -0.15) is 0 Å². The van der Waals surface area contributed by atoms with Gasteiger partial charge in [0.05, 0.1) is 0 Å². The standard InChI is InChI=1S/C12H18ClN3O/c1-3-16(4-2)8-7-15-12(17)10-5-6-14-11(13)9-10/h5-6,9H,3-4,7-8H2,1-2H3,(H,15,17). The van der Waals surface area contributed by atoms with E-state index in [1.165, 1.54) is 6.20 Å². The van der Waals surface area contributed by atoms with Crippen LogP contribution in [0.5, 0.6) is 0 Å². The van der Waals surface area contributed by atoms with Crippen LogP contribution in [0.4, 0.5) is 0 Å². The summed E-state index contributed by atoms with van der Waals surface area (Å²) in [6, 6.07) is 3.22. The molecule has 0 unspecified atom stereocenters. The number of hydrogen-bond donors (Lipinski definition) is 1. The van der Waals surface area contributed by atoms with Gasteiger partial charge in [0, 0.05) is 24.8 Å². The van der Waals surface area contributed by atoms with Crippen molar-refractivity contribution in [2.24, 2.45) is 0 Å². The van der Waals surface area contributed by atoms with Crippen LogP contribution < -0.4 is 5.32 Å². The molecule has 0 saturated heterocycles. The lowest BCUT2D eigenvalue weighted by molar-refractivity contribution is 0.0949. The van der Waals surface area contributed by atoms with Gasteiger partial charge in [0.15, 0.2) is 0 Å². The predicted octanol–water partition coefficient (Wildman–Crippen LogP) is 1.81. The zero-order valence-corrected chi connectivity index (χ0v) is 11.0. The van der Waals surface area contributed by atoms with E-state index in [2.05, 4.69) is 29.0 Å². The van der Waals surface area contributed by atoms with Crippen molar-refractivity contribution in [2.45, 2.75) is 13.8 Å². The Bertz CT molecular complexity index is 367. The third kappa shape index (κ3) is 4.71. The lowest BCUT2D eigenvalue weighted by atomic mass is 10.2. The summed E-state index contributed by atoms with van der Waals surface area (Å²) in [5.74, 6) is -0.110. The Balaban J connectivity index is 2.40. The molecule has 17 heavy (non-hydrogen) atoms. The number of amides is 1. The molecule has 1 aromatic heterocycles. The summed E-state index contributed by atoms with van der Waals surface area (Å²) in [7, 11) is 0. The Morgan fingerprint density at radius 2 is 2.18 bits per heavy atom. The van der Waals surface area contributed by atoms with Gasteiger partial charge in [0.1, 0.15) is 5.15 Å². The van der Waals surface area contributed by atoms with E-state index in [1.807, 2.05) is 0 Å². The molecule has 0 spiro atoms. The second-order valence-electron chi connectivity index (χ2n) is 3.65. The van der Waals surface area contributed by atoms with Crippen LogP contribution in [0, 0.1) is 0 Å². The van der Waals surface area contributed by atoms with Gasteiger partial charge < -0.3 is 10.2 Å². The molecule has 0 atom stereocenters. The van der Waals surface area contributed by atoms with E-state index in [0.717, 1.165) is 19.6 Å². The maximum atomic E-state index is 11.7. The Labute approximate surface area is 107 Å². The molecule has 0 aromatic carbocycles. The van der Waals surface area contributed by atoms with Gasteiger partial charge in [-0.3, -0.25) is 4.79 Å². The first-order chi connectivity index (χ1) is 8.17. The molecule has 1 heterocycles. The second-order valence-corrected chi connectivity index (χ2v) is 4.04. The Morgan fingerprint density at radius 3 is 2.76 bits per heavy atom. The molecule has 0 radical (unpaired) electrons.